The van der Waals surface area contributed by atoms with Gasteiger partial charge in [-0.05, 0) is 19.9 Å². The Morgan fingerprint density at radius 2 is 2.12 bits per heavy atom. The third-order valence-electron chi connectivity index (χ3n) is 2.03. The lowest BCUT2D eigenvalue weighted by atomic mass is 10.1. The van der Waals surface area contributed by atoms with Gasteiger partial charge >= 0.3 is 5.97 Å². The minimum absolute atomic E-state index is 0.0730. The fourth-order valence-corrected chi connectivity index (χ4v) is 1.35. The molecular formula is C12H16O4. The van der Waals surface area contributed by atoms with Crippen LogP contribution in [0.5, 0.6) is 5.75 Å². The quantitative estimate of drug-likeness (QED) is 0.792. The monoisotopic (exact) mass is 224 g/mol. The van der Waals surface area contributed by atoms with Gasteiger partial charge in [-0.2, -0.15) is 0 Å². The fourth-order valence-electron chi connectivity index (χ4n) is 1.35. The molecule has 0 bridgehead atoms. The van der Waals surface area contributed by atoms with Crippen LogP contribution in [-0.2, 0) is 11.3 Å². The van der Waals surface area contributed by atoms with Gasteiger partial charge in [0.25, 0.3) is 0 Å². The molecule has 88 valence electrons. The van der Waals surface area contributed by atoms with Crippen LogP contribution in [-0.4, -0.2) is 24.3 Å². The predicted octanol–water partition coefficient (Wildman–Crippen LogP) is 1.75. The molecule has 0 unspecified atom stereocenters. The van der Waals surface area contributed by atoms with Crippen LogP contribution in [0.2, 0.25) is 0 Å². The minimum atomic E-state index is -0.467. The Balaban J connectivity index is 3.20. The summed E-state index contributed by atoms with van der Waals surface area (Å²) in [5.74, 6) is -0.0715. The first-order valence-electron chi connectivity index (χ1n) is 5.07. The number of para-hydroxylation sites is 1. The van der Waals surface area contributed by atoms with Gasteiger partial charge in [-0.1, -0.05) is 12.1 Å². The summed E-state index contributed by atoms with van der Waals surface area (Å²) in [6, 6.07) is 5.01. The maximum absolute atomic E-state index is 11.5. The van der Waals surface area contributed by atoms with Gasteiger partial charge < -0.3 is 14.6 Å². The van der Waals surface area contributed by atoms with Crippen molar-refractivity contribution in [1.82, 2.24) is 0 Å². The summed E-state index contributed by atoms with van der Waals surface area (Å²) in [6.07, 6.45) is -0.0730. The summed E-state index contributed by atoms with van der Waals surface area (Å²) in [7, 11) is 1.31. The number of methoxy groups -OCH3 is 1. The zero-order valence-electron chi connectivity index (χ0n) is 9.69. The Morgan fingerprint density at radius 1 is 1.44 bits per heavy atom. The first kappa shape index (κ1) is 12.5. The molecule has 0 aliphatic carbocycles. The number of aliphatic hydroxyl groups excluding tert-OH is 1. The SMILES string of the molecule is COC(=O)c1cccc(CO)c1OC(C)C. The maximum atomic E-state index is 11.5. The number of benzene rings is 1. The van der Waals surface area contributed by atoms with Gasteiger partial charge in [-0.3, -0.25) is 0 Å². The molecule has 0 heterocycles. The summed E-state index contributed by atoms with van der Waals surface area (Å²) in [5.41, 5.74) is 0.916. The normalized spacial score (nSPS) is 10.3. The summed E-state index contributed by atoms with van der Waals surface area (Å²) in [4.78, 5) is 11.5. The first-order chi connectivity index (χ1) is 7.60. The molecule has 0 saturated heterocycles. The van der Waals surface area contributed by atoms with Crippen molar-refractivity contribution in [1.29, 1.82) is 0 Å². The van der Waals surface area contributed by atoms with Crippen molar-refractivity contribution in [3.63, 3.8) is 0 Å². The average Bonchev–Trinajstić information content (AvgIpc) is 2.27. The fraction of sp³-hybridized carbons (Fsp3) is 0.417. The van der Waals surface area contributed by atoms with E-state index in [1.54, 1.807) is 18.2 Å². The van der Waals surface area contributed by atoms with Crippen LogP contribution in [0.25, 0.3) is 0 Å². The smallest absolute Gasteiger partial charge is 0.341 e. The van der Waals surface area contributed by atoms with E-state index in [0.717, 1.165) is 0 Å². The highest BCUT2D eigenvalue weighted by molar-refractivity contribution is 5.92. The van der Waals surface area contributed by atoms with Crippen LogP contribution in [0.4, 0.5) is 0 Å². The van der Waals surface area contributed by atoms with E-state index in [1.165, 1.54) is 7.11 Å². The van der Waals surface area contributed by atoms with Crippen LogP contribution in [0.3, 0.4) is 0 Å². The molecule has 1 aromatic carbocycles. The minimum Gasteiger partial charge on any atom is -0.490 e. The largest absolute Gasteiger partial charge is 0.490 e. The number of rotatable bonds is 4. The van der Waals surface area contributed by atoms with E-state index in [1.807, 2.05) is 13.8 Å². The third kappa shape index (κ3) is 2.73. The van der Waals surface area contributed by atoms with E-state index in [2.05, 4.69) is 4.74 Å². The van der Waals surface area contributed by atoms with Crippen molar-refractivity contribution < 1.29 is 19.4 Å². The van der Waals surface area contributed by atoms with E-state index in [4.69, 9.17) is 4.74 Å². The molecule has 0 radical (unpaired) electrons. The molecule has 0 aromatic heterocycles. The van der Waals surface area contributed by atoms with Crippen LogP contribution < -0.4 is 4.74 Å². The number of carbonyl (C=O) groups excluding carboxylic acids is 1. The molecule has 1 rings (SSSR count). The molecular weight excluding hydrogens is 208 g/mol. The second-order valence-corrected chi connectivity index (χ2v) is 3.61. The van der Waals surface area contributed by atoms with E-state index in [-0.39, 0.29) is 12.7 Å². The topological polar surface area (TPSA) is 55.8 Å². The van der Waals surface area contributed by atoms with Crippen molar-refractivity contribution in [3.8, 4) is 5.75 Å². The standard InChI is InChI=1S/C12H16O4/c1-8(2)16-11-9(7-13)5-4-6-10(11)12(14)15-3/h4-6,8,13H,7H2,1-3H3. The summed E-state index contributed by atoms with van der Waals surface area (Å²) < 4.78 is 10.2. The lowest BCUT2D eigenvalue weighted by molar-refractivity contribution is 0.0593. The number of esters is 1. The second-order valence-electron chi connectivity index (χ2n) is 3.61. The maximum Gasteiger partial charge on any atom is 0.341 e. The third-order valence-corrected chi connectivity index (χ3v) is 2.03. The van der Waals surface area contributed by atoms with E-state index in [0.29, 0.717) is 16.9 Å². The van der Waals surface area contributed by atoms with Gasteiger partial charge in [-0.15, -0.1) is 0 Å². The van der Waals surface area contributed by atoms with Crippen LogP contribution in [0.15, 0.2) is 18.2 Å². The molecule has 0 atom stereocenters. The van der Waals surface area contributed by atoms with Crippen LogP contribution >= 0.6 is 0 Å². The number of aliphatic hydroxyl groups is 1. The van der Waals surface area contributed by atoms with Crippen LogP contribution in [0, 0.1) is 0 Å². The number of hydrogen-bond acceptors (Lipinski definition) is 4. The molecule has 0 spiro atoms. The molecule has 1 aromatic rings. The van der Waals surface area contributed by atoms with Gasteiger partial charge in [0.15, 0.2) is 0 Å². The zero-order valence-corrected chi connectivity index (χ0v) is 9.69. The molecule has 4 nitrogen and oxygen atoms in total. The van der Waals surface area contributed by atoms with Crippen molar-refractivity contribution >= 4 is 5.97 Å². The molecule has 0 aliphatic rings. The second kappa shape index (κ2) is 5.51. The highest BCUT2D eigenvalue weighted by Gasteiger charge is 2.17. The first-order valence-corrected chi connectivity index (χ1v) is 5.07. The Labute approximate surface area is 94.8 Å². The number of carbonyl (C=O) groups is 1. The summed E-state index contributed by atoms with van der Waals surface area (Å²) in [6.45, 7) is 3.54. The van der Waals surface area contributed by atoms with Crippen molar-refractivity contribution in [2.45, 2.75) is 26.6 Å². The molecule has 0 amide bonds. The molecule has 0 aliphatic heterocycles. The lowest BCUT2D eigenvalue weighted by Crippen LogP contribution is -2.13. The van der Waals surface area contributed by atoms with E-state index in [9.17, 15) is 9.90 Å². The Kier molecular flexibility index (Phi) is 4.31. The summed E-state index contributed by atoms with van der Waals surface area (Å²) >= 11 is 0. The molecule has 1 N–H and O–H groups in total. The predicted molar refractivity (Wildman–Crippen MR) is 59.5 cm³/mol. The Morgan fingerprint density at radius 3 is 2.62 bits per heavy atom. The summed E-state index contributed by atoms with van der Waals surface area (Å²) in [5, 5.41) is 9.18. The van der Waals surface area contributed by atoms with Gasteiger partial charge in [0.1, 0.15) is 11.3 Å². The van der Waals surface area contributed by atoms with Crippen molar-refractivity contribution in [2.24, 2.45) is 0 Å². The highest BCUT2D eigenvalue weighted by atomic mass is 16.5. The van der Waals surface area contributed by atoms with Gasteiger partial charge in [0.05, 0.1) is 19.8 Å². The van der Waals surface area contributed by atoms with Gasteiger partial charge in [0.2, 0.25) is 0 Å². The molecule has 0 fully saturated rings. The van der Waals surface area contributed by atoms with E-state index >= 15 is 0 Å². The highest BCUT2D eigenvalue weighted by Crippen LogP contribution is 2.26. The van der Waals surface area contributed by atoms with Crippen molar-refractivity contribution in [2.75, 3.05) is 7.11 Å². The van der Waals surface area contributed by atoms with Gasteiger partial charge in [0, 0.05) is 5.56 Å². The van der Waals surface area contributed by atoms with Crippen LogP contribution in [0.1, 0.15) is 29.8 Å². The average molecular weight is 224 g/mol. The Hall–Kier alpha value is -1.55. The number of hydrogen-bond donors (Lipinski definition) is 1. The molecule has 4 heteroatoms. The van der Waals surface area contributed by atoms with E-state index < -0.39 is 5.97 Å². The molecule has 16 heavy (non-hydrogen) atoms. The Bertz CT molecular complexity index is 371. The zero-order chi connectivity index (χ0) is 12.1. The van der Waals surface area contributed by atoms with Gasteiger partial charge in [-0.25, -0.2) is 4.79 Å². The number of ether oxygens (including phenoxy) is 2. The molecule has 0 saturated carbocycles. The lowest BCUT2D eigenvalue weighted by Gasteiger charge is -2.16. The van der Waals surface area contributed by atoms with Crippen molar-refractivity contribution in [3.05, 3.63) is 29.3 Å².